The first-order valence-electron chi connectivity index (χ1n) is 8.59. The van der Waals surface area contributed by atoms with Gasteiger partial charge in [0.05, 0.1) is 7.11 Å². The standard InChI is InChI=1S/C22H22N2O2/c1-3-24(19-9-5-4-6-10-19)20-14-12-18(13-15-20)23-22(25)17-8-7-11-21(16-17)26-2/h4-16H,3H2,1-2H3,(H,23,25). The topological polar surface area (TPSA) is 41.6 Å². The van der Waals surface area contributed by atoms with Crippen molar-refractivity contribution in [2.75, 3.05) is 23.9 Å². The number of anilines is 3. The summed E-state index contributed by atoms with van der Waals surface area (Å²) in [4.78, 5) is 14.6. The Morgan fingerprint density at radius 2 is 1.62 bits per heavy atom. The molecule has 0 fully saturated rings. The van der Waals surface area contributed by atoms with Crippen molar-refractivity contribution in [2.24, 2.45) is 0 Å². The molecule has 0 aliphatic carbocycles. The average molecular weight is 346 g/mol. The third-order valence-electron chi connectivity index (χ3n) is 4.15. The van der Waals surface area contributed by atoms with Crippen molar-refractivity contribution in [3.63, 3.8) is 0 Å². The van der Waals surface area contributed by atoms with Gasteiger partial charge in [-0.15, -0.1) is 0 Å². The number of hydrogen-bond donors (Lipinski definition) is 1. The molecular formula is C22H22N2O2. The second-order valence-corrected chi connectivity index (χ2v) is 5.81. The Hall–Kier alpha value is -3.27. The van der Waals surface area contributed by atoms with Crippen LogP contribution in [0.2, 0.25) is 0 Å². The fourth-order valence-electron chi connectivity index (χ4n) is 2.81. The number of carbonyl (C=O) groups is 1. The lowest BCUT2D eigenvalue weighted by Gasteiger charge is -2.23. The number of methoxy groups -OCH3 is 1. The minimum absolute atomic E-state index is 0.160. The van der Waals surface area contributed by atoms with Crippen molar-refractivity contribution in [2.45, 2.75) is 6.92 Å². The molecule has 0 radical (unpaired) electrons. The van der Waals surface area contributed by atoms with Crippen molar-refractivity contribution < 1.29 is 9.53 Å². The van der Waals surface area contributed by atoms with Crippen LogP contribution in [0.1, 0.15) is 17.3 Å². The highest BCUT2D eigenvalue weighted by atomic mass is 16.5. The van der Waals surface area contributed by atoms with Crippen LogP contribution in [0.15, 0.2) is 78.9 Å². The van der Waals surface area contributed by atoms with E-state index in [1.54, 1.807) is 25.3 Å². The Balaban J connectivity index is 1.74. The van der Waals surface area contributed by atoms with E-state index in [4.69, 9.17) is 4.74 Å². The Bertz CT molecular complexity index is 861. The number of carbonyl (C=O) groups excluding carboxylic acids is 1. The minimum atomic E-state index is -0.160. The first-order chi connectivity index (χ1) is 12.7. The highest BCUT2D eigenvalue weighted by Crippen LogP contribution is 2.26. The van der Waals surface area contributed by atoms with Crippen LogP contribution in [0.25, 0.3) is 0 Å². The highest BCUT2D eigenvalue weighted by molar-refractivity contribution is 6.04. The molecule has 1 amide bonds. The SMILES string of the molecule is CCN(c1ccccc1)c1ccc(NC(=O)c2cccc(OC)c2)cc1. The molecule has 0 bridgehead atoms. The summed E-state index contributed by atoms with van der Waals surface area (Å²) < 4.78 is 5.17. The lowest BCUT2D eigenvalue weighted by molar-refractivity contribution is 0.102. The van der Waals surface area contributed by atoms with E-state index < -0.39 is 0 Å². The van der Waals surface area contributed by atoms with E-state index in [1.807, 2.05) is 48.5 Å². The van der Waals surface area contributed by atoms with Gasteiger partial charge in [0, 0.05) is 29.2 Å². The first kappa shape index (κ1) is 17.5. The summed E-state index contributed by atoms with van der Waals surface area (Å²) in [6.45, 7) is 2.98. The van der Waals surface area contributed by atoms with E-state index in [2.05, 4.69) is 29.3 Å². The molecule has 0 saturated carbocycles. The second-order valence-electron chi connectivity index (χ2n) is 5.81. The maximum absolute atomic E-state index is 12.4. The zero-order valence-electron chi connectivity index (χ0n) is 15.0. The summed E-state index contributed by atoms with van der Waals surface area (Å²) in [5, 5.41) is 2.92. The summed E-state index contributed by atoms with van der Waals surface area (Å²) in [5.41, 5.74) is 3.54. The van der Waals surface area contributed by atoms with Crippen molar-refractivity contribution in [3.05, 3.63) is 84.4 Å². The van der Waals surface area contributed by atoms with Crippen LogP contribution in [0.4, 0.5) is 17.1 Å². The largest absolute Gasteiger partial charge is 0.497 e. The number of ether oxygens (including phenoxy) is 1. The molecule has 0 aromatic heterocycles. The predicted molar refractivity (Wildman–Crippen MR) is 107 cm³/mol. The zero-order valence-corrected chi connectivity index (χ0v) is 15.0. The van der Waals surface area contributed by atoms with Gasteiger partial charge in [0.2, 0.25) is 0 Å². The van der Waals surface area contributed by atoms with Gasteiger partial charge in [0.1, 0.15) is 5.75 Å². The molecule has 0 unspecified atom stereocenters. The van der Waals surface area contributed by atoms with E-state index in [0.717, 1.165) is 23.6 Å². The van der Waals surface area contributed by atoms with Crippen LogP contribution in [-0.4, -0.2) is 19.6 Å². The summed E-state index contributed by atoms with van der Waals surface area (Å²) >= 11 is 0. The molecule has 0 aliphatic heterocycles. The Morgan fingerprint density at radius 1 is 0.923 bits per heavy atom. The molecule has 0 spiro atoms. The van der Waals surface area contributed by atoms with Crippen LogP contribution >= 0.6 is 0 Å². The van der Waals surface area contributed by atoms with Crippen LogP contribution in [-0.2, 0) is 0 Å². The van der Waals surface area contributed by atoms with Gasteiger partial charge in [0.25, 0.3) is 5.91 Å². The van der Waals surface area contributed by atoms with E-state index in [0.29, 0.717) is 11.3 Å². The molecule has 0 saturated heterocycles. The second kappa shape index (κ2) is 8.21. The lowest BCUT2D eigenvalue weighted by atomic mass is 10.2. The van der Waals surface area contributed by atoms with Crippen LogP contribution < -0.4 is 15.0 Å². The molecule has 3 rings (SSSR count). The first-order valence-corrected chi connectivity index (χ1v) is 8.59. The molecule has 4 heteroatoms. The third-order valence-corrected chi connectivity index (χ3v) is 4.15. The van der Waals surface area contributed by atoms with Crippen molar-refractivity contribution >= 4 is 23.0 Å². The van der Waals surface area contributed by atoms with E-state index in [9.17, 15) is 4.79 Å². The molecular weight excluding hydrogens is 324 g/mol. The molecule has 3 aromatic rings. The molecule has 0 heterocycles. The third kappa shape index (κ3) is 4.03. The van der Waals surface area contributed by atoms with Crippen LogP contribution in [0, 0.1) is 0 Å². The number of nitrogens with zero attached hydrogens (tertiary/aromatic N) is 1. The highest BCUT2D eigenvalue weighted by Gasteiger charge is 2.09. The van der Waals surface area contributed by atoms with Crippen molar-refractivity contribution in [1.82, 2.24) is 0 Å². The van der Waals surface area contributed by atoms with Gasteiger partial charge in [-0.2, -0.15) is 0 Å². The van der Waals surface area contributed by atoms with Gasteiger partial charge in [-0.1, -0.05) is 24.3 Å². The van der Waals surface area contributed by atoms with Gasteiger partial charge < -0.3 is 15.0 Å². The Kier molecular flexibility index (Phi) is 5.54. The smallest absolute Gasteiger partial charge is 0.255 e. The Morgan fingerprint density at radius 3 is 2.27 bits per heavy atom. The zero-order chi connectivity index (χ0) is 18.4. The van der Waals surface area contributed by atoms with E-state index >= 15 is 0 Å². The number of nitrogens with one attached hydrogen (secondary N) is 1. The van der Waals surface area contributed by atoms with Gasteiger partial charge in [0.15, 0.2) is 0 Å². The average Bonchev–Trinajstić information content (AvgIpc) is 2.70. The Labute approximate surface area is 154 Å². The number of hydrogen-bond acceptors (Lipinski definition) is 3. The van der Waals surface area contributed by atoms with Crippen molar-refractivity contribution in [1.29, 1.82) is 0 Å². The molecule has 132 valence electrons. The fraction of sp³-hybridized carbons (Fsp3) is 0.136. The summed E-state index contributed by atoms with van der Waals surface area (Å²) in [6.07, 6.45) is 0. The number of para-hydroxylation sites is 1. The summed E-state index contributed by atoms with van der Waals surface area (Å²) in [5.74, 6) is 0.501. The van der Waals surface area contributed by atoms with Gasteiger partial charge >= 0.3 is 0 Å². The van der Waals surface area contributed by atoms with Gasteiger partial charge in [-0.25, -0.2) is 0 Å². The lowest BCUT2D eigenvalue weighted by Crippen LogP contribution is -2.16. The number of rotatable bonds is 6. The summed E-state index contributed by atoms with van der Waals surface area (Å²) in [7, 11) is 1.59. The van der Waals surface area contributed by atoms with Gasteiger partial charge in [-0.05, 0) is 61.5 Å². The van der Waals surface area contributed by atoms with Crippen molar-refractivity contribution in [3.8, 4) is 5.75 Å². The molecule has 4 nitrogen and oxygen atoms in total. The van der Waals surface area contributed by atoms with Gasteiger partial charge in [-0.3, -0.25) is 4.79 Å². The fourth-order valence-corrected chi connectivity index (χ4v) is 2.81. The normalized spacial score (nSPS) is 10.2. The maximum atomic E-state index is 12.4. The quantitative estimate of drug-likeness (QED) is 0.675. The minimum Gasteiger partial charge on any atom is -0.497 e. The van der Waals surface area contributed by atoms with E-state index in [-0.39, 0.29) is 5.91 Å². The number of benzene rings is 3. The molecule has 26 heavy (non-hydrogen) atoms. The number of amides is 1. The predicted octanol–water partition coefficient (Wildman–Crippen LogP) is 5.11. The molecule has 1 N–H and O–H groups in total. The van der Waals surface area contributed by atoms with E-state index in [1.165, 1.54) is 0 Å². The monoisotopic (exact) mass is 346 g/mol. The summed E-state index contributed by atoms with van der Waals surface area (Å²) in [6, 6.07) is 25.2. The molecule has 0 atom stereocenters. The maximum Gasteiger partial charge on any atom is 0.255 e. The molecule has 3 aromatic carbocycles. The molecule has 0 aliphatic rings. The van der Waals surface area contributed by atoms with Crippen LogP contribution in [0.3, 0.4) is 0 Å². The van der Waals surface area contributed by atoms with Crippen LogP contribution in [0.5, 0.6) is 5.75 Å².